The summed E-state index contributed by atoms with van der Waals surface area (Å²) < 4.78 is 61.4. The van der Waals surface area contributed by atoms with E-state index in [2.05, 4.69) is 0 Å². The van der Waals surface area contributed by atoms with E-state index in [9.17, 15) is 71.5 Å². The highest BCUT2D eigenvalue weighted by Gasteiger charge is 2.63. The quantitative estimate of drug-likeness (QED) is 0.0726. The lowest BCUT2D eigenvalue weighted by atomic mass is 9.93. The second-order valence-electron chi connectivity index (χ2n) is 15.1. The normalized spacial score (nSPS) is 52.7. The van der Waals surface area contributed by atoms with Crippen molar-refractivity contribution >= 4 is 0 Å². The largest absolute Gasteiger partial charge is 0.412 e. The number of hydrogen-bond donors (Lipinski definition) is 14. The number of aliphatic hydroxyl groups excluding tert-OH is 14. The average Bonchev–Trinajstić information content (AvgIpc) is 3.43. The van der Waals surface area contributed by atoms with Gasteiger partial charge < -0.3 is 129 Å². The van der Waals surface area contributed by atoms with Gasteiger partial charge in [-0.3, -0.25) is 0 Å². The number of aliphatic hydroxyl groups is 14. The summed E-state index contributed by atoms with van der Waals surface area (Å²) in [5.41, 5.74) is 0. The van der Waals surface area contributed by atoms with E-state index in [1.807, 2.05) is 0 Å². The molecule has 5 aliphatic heterocycles. The molecule has 0 amide bonds. The van der Waals surface area contributed by atoms with Crippen LogP contribution in [0.2, 0.25) is 0 Å². The highest BCUT2D eigenvalue weighted by Crippen LogP contribution is 2.48. The Bertz CT molecular complexity index is 1280. The molecule has 0 aromatic heterocycles. The van der Waals surface area contributed by atoms with E-state index in [0.29, 0.717) is 0 Å². The van der Waals surface area contributed by atoms with E-state index in [4.69, 9.17) is 52.1 Å². The molecule has 11 unspecified atom stereocenters. The lowest BCUT2D eigenvalue weighted by molar-refractivity contribution is -0.394. The molecule has 0 bridgehead atoms. The van der Waals surface area contributed by atoms with E-state index < -0.39 is 186 Å². The molecule has 5 heterocycles. The summed E-state index contributed by atoms with van der Waals surface area (Å²) in [5.74, 6) is -1.25. The number of methoxy groups -OCH3 is 2. The van der Waals surface area contributed by atoms with Crippen molar-refractivity contribution in [3.05, 3.63) is 0 Å². The van der Waals surface area contributed by atoms with Gasteiger partial charge in [-0.2, -0.15) is 0 Å². The van der Waals surface area contributed by atoms with Gasteiger partial charge in [0.1, 0.15) is 97.7 Å². The van der Waals surface area contributed by atoms with Crippen molar-refractivity contribution in [3.63, 3.8) is 0 Å². The summed E-state index contributed by atoms with van der Waals surface area (Å²) in [4.78, 5) is 0. The van der Waals surface area contributed by atoms with Gasteiger partial charge in [-0.1, -0.05) is 0 Å². The fourth-order valence-corrected chi connectivity index (χ4v) is 8.38. The first-order valence-electron chi connectivity index (χ1n) is 18.8. The summed E-state index contributed by atoms with van der Waals surface area (Å²) in [5, 5.41) is 147. The van der Waals surface area contributed by atoms with Crippen LogP contribution in [-0.2, 0) is 52.1 Å². The third-order valence-electron chi connectivity index (χ3n) is 11.7. The molecule has 348 valence electrons. The van der Waals surface area contributed by atoms with Crippen molar-refractivity contribution in [2.24, 2.45) is 11.8 Å². The number of ether oxygens (including phenoxy) is 11. The molecule has 26 atom stereocenters. The van der Waals surface area contributed by atoms with Gasteiger partial charge in [-0.05, 0) is 0 Å². The van der Waals surface area contributed by atoms with Crippen LogP contribution >= 0.6 is 0 Å². The third kappa shape index (κ3) is 9.31. The minimum Gasteiger partial charge on any atom is -0.412 e. The Balaban J connectivity index is 0.00000397. The molecule has 5 saturated heterocycles. The third-order valence-corrected chi connectivity index (χ3v) is 11.7. The van der Waals surface area contributed by atoms with E-state index in [0.717, 1.165) is 7.11 Å². The van der Waals surface area contributed by atoms with Gasteiger partial charge in [0, 0.05) is 21.6 Å². The highest BCUT2D eigenvalue weighted by atomic mass is 16.8. The Morgan fingerprint density at radius 3 is 1.32 bits per heavy atom. The van der Waals surface area contributed by atoms with Gasteiger partial charge >= 0.3 is 0 Å². The molecule has 26 nitrogen and oxygen atoms in total. The zero-order valence-corrected chi connectivity index (χ0v) is 31.8. The van der Waals surface area contributed by atoms with Crippen molar-refractivity contribution in [1.82, 2.24) is 0 Å². The molecule has 6 fully saturated rings. The van der Waals surface area contributed by atoms with Crippen molar-refractivity contribution in [2.75, 3.05) is 47.3 Å². The first kappa shape index (κ1) is 49.0. The van der Waals surface area contributed by atoms with Crippen LogP contribution in [0.1, 0.15) is 1.43 Å². The van der Waals surface area contributed by atoms with Crippen molar-refractivity contribution in [3.8, 4) is 0 Å². The first-order valence-corrected chi connectivity index (χ1v) is 18.8. The molecule has 6 aliphatic rings. The molecule has 59 heavy (non-hydrogen) atoms. The van der Waals surface area contributed by atoms with Crippen molar-refractivity contribution < 1.29 is 130 Å². The topological polar surface area (TPSA) is 416 Å². The molecule has 26 heteroatoms. The van der Waals surface area contributed by atoms with Crippen LogP contribution in [0.25, 0.3) is 0 Å². The van der Waals surface area contributed by atoms with Crippen LogP contribution in [0, 0.1) is 11.8 Å². The molecule has 16 N–H and O–H groups in total. The Hall–Kier alpha value is -1.04. The molecule has 1 aliphatic carbocycles. The summed E-state index contributed by atoms with van der Waals surface area (Å²) in [7, 11) is 2.51. The lowest BCUT2D eigenvalue weighted by Gasteiger charge is -2.50. The molecule has 0 radical (unpaired) electrons. The SMILES string of the molecule is CO[C@@H]1OC(CO[C@H]2OC(CO)[C@H](O)[C@H](O)C2O)[C@@H](O[C@@H]2O[C@@H](CO)[C@@H](O[C@@H]3OC(CO)[C@@H](O[C@@H]4O[C@@H]5C4C(O)[C@H](OC)C5CO)[C@H](O)C3O)C(O)C2O)[C@H](O)C1O.O.[HH]. The summed E-state index contributed by atoms with van der Waals surface area (Å²) >= 11 is 0. The van der Waals surface area contributed by atoms with Gasteiger partial charge in [0.15, 0.2) is 31.5 Å². The zero-order valence-electron chi connectivity index (χ0n) is 31.8. The van der Waals surface area contributed by atoms with E-state index in [-0.39, 0.29) is 13.5 Å². The maximum absolute atomic E-state index is 11.2. The highest BCUT2D eigenvalue weighted by molar-refractivity contribution is 5.07. The minimum atomic E-state index is -2.06. The Morgan fingerprint density at radius 1 is 0.407 bits per heavy atom. The van der Waals surface area contributed by atoms with E-state index in [1.165, 1.54) is 7.11 Å². The second kappa shape index (κ2) is 20.6. The van der Waals surface area contributed by atoms with Gasteiger partial charge in [0.2, 0.25) is 0 Å². The summed E-state index contributed by atoms with van der Waals surface area (Å²) in [6, 6.07) is 0. The maximum Gasteiger partial charge on any atom is 0.187 e. The first-order chi connectivity index (χ1) is 27.6. The minimum absolute atomic E-state index is 0. The smallest absolute Gasteiger partial charge is 0.187 e. The molecule has 0 spiro atoms. The van der Waals surface area contributed by atoms with Gasteiger partial charge in [-0.15, -0.1) is 0 Å². The predicted octanol–water partition coefficient (Wildman–Crippen LogP) is -10.3. The molecular weight excluding hydrogens is 812 g/mol. The average molecular weight is 873 g/mol. The van der Waals surface area contributed by atoms with Crippen LogP contribution in [0.3, 0.4) is 0 Å². The van der Waals surface area contributed by atoms with Gasteiger partial charge in [-0.25, -0.2) is 0 Å². The monoisotopic (exact) mass is 872 g/mol. The van der Waals surface area contributed by atoms with E-state index in [1.54, 1.807) is 0 Å². The summed E-state index contributed by atoms with van der Waals surface area (Å²) in [6.07, 6.45) is -37.8. The van der Waals surface area contributed by atoms with Crippen LogP contribution in [0.4, 0.5) is 0 Å². The van der Waals surface area contributed by atoms with Crippen LogP contribution in [0.5, 0.6) is 0 Å². The Labute approximate surface area is 337 Å². The van der Waals surface area contributed by atoms with Gasteiger partial charge in [0.25, 0.3) is 0 Å². The molecule has 1 saturated carbocycles. The van der Waals surface area contributed by atoms with Crippen LogP contribution in [-0.4, -0.2) is 272 Å². The van der Waals surface area contributed by atoms with E-state index >= 15 is 0 Å². The lowest BCUT2D eigenvalue weighted by Crippen LogP contribution is -2.67. The fourth-order valence-electron chi connectivity index (χ4n) is 8.38. The number of fused-ring (bicyclic) bond motifs is 1. The number of rotatable bonds is 15. The summed E-state index contributed by atoms with van der Waals surface area (Å²) in [6.45, 7) is -3.46. The zero-order chi connectivity index (χ0) is 42.3. The van der Waals surface area contributed by atoms with Crippen LogP contribution < -0.4 is 0 Å². The fraction of sp³-hybridized carbons (Fsp3) is 1.00. The van der Waals surface area contributed by atoms with Gasteiger partial charge in [0.05, 0.1) is 57.3 Å². The molecule has 6 rings (SSSR count). The predicted molar refractivity (Wildman–Crippen MR) is 183 cm³/mol. The molecule has 0 aromatic rings. The second-order valence-corrected chi connectivity index (χ2v) is 15.1. The molecular formula is C33H60O26. The molecule has 0 aromatic carbocycles. The Morgan fingerprint density at radius 2 is 0.847 bits per heavy atom. The maximum atomic E-state index is 11.2. The standard InChI is InChI=1S/C33H56O25.H2O.H2/c1-48-25-8(3-34)24-13(15(25)39)29(55-24)56-26-10(5-36)52-32(22(46)18(26)42)57-27-11(6-37)53-33(23(47)19(27)43)58-28-12(54-30(49-2)21(45)17(28)41)7-50-31-20(44)16(40)14(38)9(4-35)51-31;;/h8-47H,3-7H2,1-2H3;1H2;1H/t8?,9?,10?,11-,12?,13?,14-,15?,16-,17+,18+,19?,20?,21?,22?,23?,24-,25+,26+,27+,28+,29-,30+,31-,32-,33-;;/m0../s1. The number of hydrogen-bond acceptors (Lipinski definition) is 25. The van der Waals surface area contributed by atoms with Crippen molar-refractivity contribution in [1.29, 1.82) is 0 Å². The van der Waals surface area contributed by atoms with Crippen LogP contribution in [0.15, 0.2) is 0 Å². The van der Waals surface area contributed by atoms with Crippen molar-refractivity contribution in [2.45, 2.75) is 147 Å². The Kier molecular flexibility index (Phi) is 17.1.